The molecule has 0 spiro atoms. The molecule has 1 unspecified atom stereocenters. The fourth-order valence-corrected chi connectivity index (χ4v) is 4.50. The van der Waals surface area contributed by atoms with Crippen LogP contribution in [0.15, 0.2) is 56.0 Å². The van der Waals surface area contributed by atoms with Gasteiger partial charge in [-0.2, -0.15) is 0 Å². The maximum atomic E-state index is 9.26. The van der Waals surface area contributed by atoms with Crippen LogP contribution < -0.4 is 0 Å². The molecule has 4 heteroatoms. The Kier molecular flexibility index (Phi) is 3.81. The molecule has 19 heavy (non-hydrogen) atoms. The first kappa shape index (κ1) is 13.4. The molecule has 1 heterocycles. The van der Waals surface area contributed by atoms with Crippen LogP contribution in [0, 0.1) is 0 Å². The summed E-state index contributed by atoms with van der Waals surface area (Å²) >= 11 is 9.58. The number of benzene rings is 2. The monoisotopic (exact) mass is 308 g/mol. The molecule has 3 rings (SSSR count). The predicted octanol–water partition coefficient (Wildman–Crippen LogP) is 5.05. The number of hydrogen-bond acceptors (Lipinski definition) is 3. The van der Waals surface area contributed by atoms with E-state index < -0.39 is 0 Å². The first-order chi connectivity index (χ1) is 9.17. The van der Waals surface area contributed by atoms with E-state index >= 15 is 0 Å². The van der Waals surface area contributed by atoms with E-state index in [0.29, 0.717) is 0 Å². The van der Waals surface area contributed by atoms with Gasteiger partial charge in [-0.25, -0.2) is 0 Å². The van der Waals surface area contributed by atoms with Crippen molar-refractivity contribution in [3.8, 4) is 0 Å². The van der Waals surface area contributed by atoms with Crippen LogP contribution in [0.25, 0.3) is 0 Å². The molecule has 98 valence electrons. The minimum absolute atomic E-state index is 0.177. The maximum Gasteiger partial charge on any atom is 0.0497 e. The van der Waals surface area contributed by atoms with Crippen LogP contribution in [-0.4, -0.2) is 11.7 Å². The normalized spacial score (nSPS) is 14.7. The SMILES string of the molecule is CC(CO)c1ccc2c(c1)Sc1cc(Cl)ccc1S2. The van der Waals surface area contributed by atoms with Gasteiger partial charge in [0.25, 0.3) is 0 Å². The molecule has 1 atom stereocenters. The Balaban J connectivity index is 1.98. The second-order valence-corrected chi connectivity index (χ2v) is 7.19. The van der Waals surface area contributed by atoms with E-state index in [1.165, 1.54) is 25.1 Å². The quantitative estimate of drug-likeness (QED) is 0.715. The number of aliphatic hydroxyl groups is 1. The van der Waals surface area contributed by atoms with Crippen molar-refractivity contribution < 1.29 is 5.11 Å². The number of aliphatic hydroxyl groups excluding tert-OH is 1. The predicted molar refractivity (Wildman–Crippen MR) is 81.6 cm³/mol. The second kappa shape index (κ2) is 5.41. The van der Waals surface area contributed by atoms with E-state index in [9.17, 15) is 5.11 Å². The van der Waals surface area contributed by atoms with Crippen molar-refractivity contribution in [2.75, 3.05) is 6.61 Å². The van der Waals surface area contributed by atoms with Gasteiger partial charge in [-0.05, 0) is 35.9 Å². The summed E-state index contributed by atoms with van der Waals surface area (Å²) in [7, 11) is 0. The summed E-state index contributed by atoms with van der Waals surface area (Å²) in [4.78, 5) is 4.98. The topological polar surface area (TPSA) is 20.2 Å². The fourth-order valence-electron chi connectivity index (χ4n) is 1.98. The number of halogens is 1. The highest BCUT2D eigenvalue weighted by molar-refractivity contribution is 8.05. The molecule has 0 saturated heterocycles. The average Bonchev–Trinajstić information content (AvgIpc) is 2.43. The zero-order valence-corrected chi connectivity index (χ0v) is 12.8. The smallest absolute Gasteiger partial charge is 0.0497 e. The molecule has 0 amide bonds. The van der Waals surface area contributed by atoms with E-state index in [2.05, 4.69) is 24.3 Å². The number of hydrogen-bond donors (Lipinski definition) is 1. The molecular formula is C15H13ClOS2. The maximum absolute atomic E-state index is 9.26. The van der Waals surface area contributed by atoms with E-state index in [4.69, 9.17) is 11.6 Å². The van der Waals surface area contributed by atoms with Crippen LogP contribution in [0.2, 0.25) is 5.02 Å². The lowest BCUT2D eigenvalue weighted by atomic mass is 10.0. The highest BCUT2D eigenvalue weighted by Gasteiger charge is 2.18. The molecule has 1 aliphatic heterocycles. The molecular weight excluding hydrogens is 296 g/mol. The van der Waals surface area contributed by atoms with Crippen molar-refractivity contribution >= 4 is 35.1 Å². The standard InChI is InChI=1S/C15H13ClOS2/c1-9(8-17)10-2-4-12-14(6-10)19-15-7-11(16)3-5-13(15)18-12/h2-7,9,17H,8H2,1H3. The van der Waals surface area contributed by atoms with E-state index in [1.54, 1.807) is 23.5 Å². The highest BCUT2D eigenvalue weighted by Crippen LogP contribution is 2.49. The van der Waals surface area contributed by atoms with Crippen molar-refractivity contribution in [3.63, 3.8) is 0 Å². The summed E-state index contributed by atoms with van der Waals surface area (Å²) in [6, 6.07) is 12.4. The molecule has 1 N–H and O–H groups in total. The van der Waals surface area contributed by atoms with Crippen molar-refractivity contribution in [2.45, 2.75) is 32.4 Å². The van der Waals surface area contributed by atoms with Crippen molar-refractivity contribution in [3.05, 3.63) is 47.0 Å². The van der Waals surface area contributed by atoms with Gasteiger partial charge in [-0.1, -0.05) is 48.1 Å². The van der Waals surface area contributed by atoms with Crippen LogP contribution in [0.1, 0.15) is 18.4 Å². The second-order valence-electron chi connectivity index (χ2n) is 4.58. The van der Waals surface area contributed by atoms with Gasteiger partial charge in [0.2, 0.25) is 0 Å². The molecule has 0 bridgehead atoms. The van der Waals surface area contributed by atoms with E-state index in [1.807, 2.05) is 19.1 Å². The van der Waals surface area contributed by atoms with Gasteiger partial charge < -0.3 is 5.11 Å². The van der Waals surface area contributed by atoms with Gasteiger partial charge in [-0.15, -0.1) is 0 Å². The van der Waals surface area contributed by atoms with Crippen LogP contribution >= 0.6 is 35.1 Å². The summed E-state index contributed by atoms with van der Waals surface area (Å²) in [6.07, 6.45) is 0. The molecule has 0 fully saturated rings. The summed E-state index contributed by atoms with van der Waals surface area (Å²) in [5.74, 6) is 0.177. The summed E-state index contributed by atoms with van der Waals surface area (Å²) in [6.45, 7) is 2.21. The Morgan fingerprint density at radius 1 is 1.00 bits per heavy atom. The molecule has 0 radical (unpaired) electrons. The Bertz CT molecular complexity index is 628. The molecule has 0 aliphatic carbocycles. The van der Waals surface area contributed by atoms with Gasteiger partial charge in [0, 0.05) is 37.1 Å². The first-order valence-electron chi connectivity index (χ1n) is 6.07. The minimum atomic E-state index is 0.177. The molecule has 0 aromatic heterocycles. The van der Waals surface area contributed by atoms with Gasteiger partial charge in [0.05, 0.1) is 0 Å². The van der Waals surface area contributed by atoms with Gasteiger partial charge in [0.15, 0.2) is 0 Å². The minimum Gasteiger partial charge on any atom is -0.396 e. The zero-order chi connectivity index (χ0) is 13.4. The fraction of sp³-hybridized carbons (Fsp3) is 0.200. The largest absolute Gasteiger partial charge is 0.396 e. The van der Waals surface area contributed by atoms with Crippen molar-refractivity contribution in [2.24, 2.45) is 0 Å². The lowest BCUT2D eigenvalue weighted by molar-refractivity contribution is 0.273. The summed E-state index contributed by atoms with van der Waals surface area (Å²) in [5, 5.41) is 10.0. The summed E-state index contributed by atoms with van der Waals surface area (Å²) < 4.78 is 0. The third-order valence-electron chi connectivity index (χ3n) is 3.16. The number of rotatable bonds is 2. The van der Waals surface area contributed by atoms with Crippen LogP contribution in [0.4, 0.5) is 0 Å². The Morgan fingerprint density at radius 2 is 1.63 bits per heavy atom. The molecule has 1 aliphatic rings. The molecule has 2 aromatic rings. The Morgan fingerprint density at radius 3 is 2.37 bits per heavy atom. The third-order valence-corrected chi connectivity index (χ3v) is 5.92. The Hall–Kier alpha value is -0.610. The zero-order valence-electron chi connectivity index (χ0n) is 10.4. The van der Waals surface area contributed by atoms with Gasteiger partial charge >= 0.3 is 0 Å². The lowest BCUT2D eigenvalue weighted by Crippen LogP contribution is -2.00. The van der Waals surface area contributed by atoms with Gasteiger partial charge in [-0.3, -0.25) is 0 Å². The van der Waals surface area contributed by atoms with Crippen LogP contribution in [0.5, 0.6) is 0 Å². The lowest BCUT2D eigenvalue weighted by Gasteiger charge is -2.20. The van der Waals surface area contributed by atoms with E-state index in [0.717, 1.165) is 5.02 Å². The molecule has 1 nitrogen and oxygen atoms in total. The molecule has 0 saturated carbocycles. The summed E-state index contributed by atoms with van der Waals surface area (Å²) in [5.41, 5.74) is 1.18. The van der Waals surface area contributed by atoms with Crippen molar-refractivity contribution in [1.29, 1.82) is 0 Å². The van der Waals surface area contributed by atoms with Gasteiger partial charge in [0.1, 0.15) is 0 Å². The van der Waals surface area contributed by atoms with E-state index in [-0.39, 0.29) is 12.5 Å². The van der Waals surface area contributed by atoms with Crippen molar-refractivity contribution in [1.82, 2.24) is 0 Å². The highest BCUT2D eigenvalue weighted by atomic mass is 35.5. The molecule has 2 aromatic carbocycles. The third kappa shape index (κ3) is 2.65. The Labute approximate surface area is 126 Å². The van der Waals surface area contributed by atoms with Crippen LogP contribution in [-0.2, 0) is 0 Å². The first-order valence-corrected chi connectivity index (χ1v) is 8.08. The van der Waals surface area contributed by atoms with Crippen LogP contribution in [0.3, 0.4) is 0 Å². The average molecular weight is 309 g/mol. The number of fused-ring (bicyclic) bond motifs is 2.